The highest BCUT2D eigenvalue weighted by molar-refractivity contribution is 4.79. The summed E-state index contributed by atoms with van der Waals surface area (Å²) in [7, 11) is 0. The molecule has 1 saturated heterocycles. The summed E-state index contributed by atoms with van der Waals surface area (Å²) in [6, 6.07) is 0. The SMILES string of the molecule is C[C@H]1COC(F)(F)[C@@H]1O. The van der Waals surface area contributed by atoms with Gasteiger partial charge in [0.2, 0.25) is 0 Å². The third-order valence-corrected chi connectivity index (χ3v) is 1.42. The van der Waals surface area contributed by atoms with E-state index in [4.69, 9.17) is 5.11 Å². The Hall–Kier alpha value is -0.220. The summed E-state index contributed by atoms with van der Waals surface area (Å²) in [6.07, 6.45) is -4.95. The number of hydrogen-bond donors (Lipinski definition) is 1. The van der Waals surface area contributed by atoms with E-state index in [1.165, 1.54) is 6.92 Å². The van der Waals surface area contributed by atoms with Crippen LogP contribution in [0.15, 0.2) is 0 Å². The van der Waals surface area contributed by atoms with Crippen molar-refractivity contribution in [3.05, 3.63) is 0 Å². The minimum Gasteiger partial charge on any atom is -0.384 e. The van der Waals surface area contributed by atoms with Crippen molar-refractivity contribution in [2.24, 2.45) is 5.92 Å². The van der Waals surface area contributed by atoms with Gasteiger partial charge in [-0.15, -0.1) is 0 Å². The minimum absolute atomic E-state index is 0.0613. The highest BCUT2D eigenvalue weighted by atomic mass is 19.3. The Morgan fingerprint density at radius 2 is 2.22 bits per heavy atom. The molecular formula is C5H8F2O2. The van der Waals surface area contributed by atoms with Gasteiger partial charge in [-0.05, 0) is 0 Å². The van der Waals surface area contributed by atoms with Crippen molar-refractivity contribution in [1.82, 2.24) is 0 Å². The molecule has 0 aromatic carbocycles. The smallest absolute Gasteiger partial charge is 0.381 e. The summed E-state index contributed by atoms with van der Waals surface area (Å²) in [5.41, 5.74) is 0. The molecule has 0 spiro atoms. The molecule has 2 nitrogen and oxygen atoms in total. The first-order valence-corrected chi connectivity index (χ1v) is 2.74. The first-order valence-electron chi connectivity index (χ1n) is 2.74. The summed E-state index contributed by atoms with van der Waals surface area (Å²) < 4.78 is 28.2. The Balaban J connectivity index is 2.62. The zero-order valence-corrected chi connectivity index (χ0v) is 4.97. The first-order chi connectivity index (χ1) is 4.04. The normalized spacial score (nSPS) is 41.3. The molecule has 1 aliphatic rings. The highest BCUT2D eigenvalue weighted by Gasteiger charge is 2.49. The summed E-state index contributed by atoms with van der Waals surface area (Å²) in [5, 5.41) is 8.65. The van der Waals surface area contributed by atoms with Crippen LogP contribution in [-0.2, 0) is 4.74 Å². The van der Waals surface area contributed by atoms with E-state index in [9.17, 15) is 8.78 Å². The highest BCUT2D eigenvalue weighted by Crippen LogP contribution is 2.32. The fraction of sp³-hybridized carbons (Fsp3) is 1.00. The van der Waals surface area contributed by atoms with Gasteiger partial charge in [-0.3, -0.25) is 0 Å². The molecule has 1 heterocycles. The molecule has 2 atom stereocenters. The summed E-state index contributed by atoms with van der Waals surface area (Å²) in [6.45, 7) is 1.46. The van der Waals surface area contributed by atoms with Gasteiger partial charge in [-0.25, -0.2) is 0 Å². The number of ether oxygens (including phenoxy) is 1. The molecule has 0 unspecified atom stereocenters. The van der Waals surface area contributed by atoms with Gasteiger partial charge in [0, 0.05) is 5.92 Å². The van der Waals surface area contributed by atoms with Crippen LogP contribution in [-0.4, -0.2) is 23.9 Å². The second kappa shape index (κ2) is 1.88. The standard InChI is InChI=1S/C5H8F2O2/c1-3-2-9-5(6,7)4(3)8/h3-4,8H,2H2,1H3/t3-,4+/m0/s1. The molecule has 0 saturated carbocycles. The largest absolute Gasteiger partial charge is 0.384 e. The van der Waals surface area contributed by atoms with Crippen LogP contribution < -0.4 is 0 Å². The average Bonchev–Trinajstić information content (AvgIpc) is 1.97. The summed E-state index contributed by atoms with van der Waals surface area (Å²) in [5.74, 6) is -0.458. The lowest BCUT2D eigenvalue weighted by Gasteiger charge is -2.12. The Morgan fingerprint density at radius 1 is 1.67 bits per heavy atom. The lowest BCUT2D eigenvalue weighted by Crippen LogP contribution is -2.31. The monoisotopic (exact) mass is 138 g/mol. The van der Waals surface area contributed by atoms with E-state index in [2.05, 4.69) is 4.74 Å². The maximum Gasteiger partial charge on any atom is 0.381 e. The van der Waals surface area contributed by atoms with Crippen LogP contribution in [0.2, 0.25) is 0 Å². The van der Waals surface area contributed by atoms with Crippen LogP contribution in [0.4, 0.5) is 8.78 Å². The zero-order valence-electron chi connectivity index (χ0n) is 4.97. The van der Waals surface area contributed by atoms with Crippen LogP contribution in [0.1, 0.15) is 6.92 Å². The van der Waals surface area contributed by atoms with Crippen LogP contribution in [0.5, 0.6) is 0 Å². The molecule has 0 radical (unpaired) electrons. The molecular weight excluding hydrogens is 130 g/mol. The van der Waals surface area contributed by atoms with Gasteiger partial charge < -0.3 is 9.84 Å². The third kappa shape index (κ3) is 1.04. The maximum atomic E-state index is 12.1. The molecule has 0 amide bonds. The van der Waals surface area contributed by atoms with Crippen molar-refractivity contribution in [1.29, 1.82) is 0 Å². The van der Waals surface area contributed by atoms with E-state index in [0.717, 1.165) is 0 Å². The number of aliphatic hydroxyl groups excluding tert-OH is 1. The number of rotatable bonds is 0. The Kier molecular flexibility index (Phi) is 1.44. The maximum absolute atomic E-state index is 12.1. The van der Waals surface area contributed by atoms with E-state index in [1.807, 2.05) is 0 Å². The van der Waals surface area contributed by atoms with Gasteiger partial charge in [0.15, 0.2) is 0 Å². The number of aliphatic hydroxyl groups is 1. The van der Waals surface area contributed by atoms with E-state index in [0.29, 0.717) is 0 Å². The zero-order chi connectivity index (χ0) is 7.07. The first kappa shape index (κ1) is 6.89. The number of alkyl halides is 2. The van der Waals surface area contributed by atoms with E-state index in [1.54, 1.807) is 0 Å². The topological polar surface area (TPSA) is 29.5 Å². The fourth-order valence-corrected chi connectivity index (χ4v) is 0.750. The van der Waals surface area contributed by atoms with Crippen LogP contribution in [0.25, 0.3) is 0 Å². The average molecular weight is 138 g/mol. The molecule has 1 aliphatic heterocycles. The van der Waals surface area contributed by atoms with Crippen molar-refractivity contribution < 1.29 is 18.6 Å². The third-order valence-electron chi connectivity index (χ3n) is 1.42. The van der Waals surface area contributed by atoms with E-state index < -0.39 is 18.1 Å². The van der Waals surface area contributed by atoms with Gasteiger partial charge in [0.1, 0.15) is 6.10 Å². The Labute approximate surface area is 51.4 Å². The predicted molar refractivity (Wildman–Crippen MR) is 26.1 cm³/mol. The Morgan fingerprint density at radius 3 is 2.33 bits per heavy atom. The second-order valence-corrected chi connectivity index (χ2v) is 2.29. The molecule has 1 fully saturated rings. The molecule has 0 aromatic heterocycles. The molecule has 4 heteroatoms. The fourth-order valence-electron chi connectivity index (χ4n) is 0.750. The minimum atomic E-state index is -3.32. The van der Waals surface area contributed by atoms with Crippen LogP contribution in [0.3, 0.4) is 0 Å². The van der Waals surface area contributed by atoms with Crippen LogP contribution in [0, 0.1) is 5.92 Å². The lowest BCUT2D eigenvalue weighted by molar-refractivity contribution is -0.247. The van der Waals surface area contributed by atoms with Gasteiger partial charge >= 0.3 is 6.11 Å². The second-order valence-electron chi connectivity index (χ2n) is 2.29. The molecule has 0 aliphatic carbocycles. The molecule has 1 N–H and O–H groups in total. The summed E-state index contributed by atoms with van der Waals surface area (Å²) in [4.78, 5) is 0. The van der Waals surface area contributed by atoms with Crippen molar-refractivity contribution in [3.8, 4) is 0 Å². The van der Waals surface area contributed by atoms with Gasteiger partial charge in [0.05, 0.1) is 6.61 Å². The van der Waals surface area contributed by atoms with E-state index in [-0.39, 0.29) is 6.61 Å². The van der Waals surface area contributed by atoms with Gasteiger partial charge in [0.25, 0.3) is 0 Å². The number of hydrogen-bond acceptors (Lipinski definition) is 2. The predicted octanol–water partition coefficient (Wildman–Crippen LogP) is 0.606. The summed E-state index contributed by atoms with van der Waals surface area (Å²) >= 11 is 0. The van der Waals surface area contributed by atoms with E-state index >= 15 is 0 Å². The quantitative estimate of drug-likeness (QED) is 0.531. The van der Waals surface area contributed by atoms with Crippen molar-refractivity contribution in [3.63, 3.8) is 0 Å². The van der Waals surface area contributed by atoms with Gasteiger partial charge in [-0.1, -0.05) is 6.92 Å². The Bertz CT molecular complexity index is 116. The van der Waals surface area contributed by atoms with Gasteiger partial charge in [-0.2, -0.15) is 8.78 Å². The molecule has 0 aromatic rings. The van der Waals surface area contributed by atoms with Crippen molar-refractivity contribution in [2.45, 2.75) is 19.1 Å². The molecule has 9 heavy (non-hydrogen) atoms. The van der Waals surface area contributed by atoms with Crippen molar-refractivity contribution in [2.75, 3.05) is 6.61 Å². The van der Waals surface area contributed by atoms with Crippen LogP contribution >= 0.6 is 0 Å². The molecule has 0 bridgehead atoms. The number of halogens is 2. The molecule has 1 rings (SSSR count). The van der Waals surface area contributed by atoms with Crippen molar-refractivity contribution >= 4 is 0 Å². The lowest BCUT2D eigenvalue weighted by atomic mass is 10.1. The molecule has 54 valence electrons.